The molecule has 0 heterocycles. The third-order valence-corrected chi connectivity index (χ3v) is 2.08. The van der Waals surface area contributed by atoms with E-state index in [1.165, 1.54) is 11.1 Å². The molecule has 72 valence electrons. The fourth-order valence-electron chi connectivity index (χ4n) is 1.23. The average molecular weight is 178 g/mol. The van der Waals surface area contributed by atoms with E-state index in [0.29, 0.717) is 6.54 Å². The molecule has 0 saturated carbocycles. The monoisotopic (exact) mass is 178 g/mol. The quantitative estimate of drug-likeness (QED) is 0.667. The molecule has 0 aliphatic carbocycles. The summed E-state index contributed by atoms with van der Waals surface area (Å²) in [6.07, 6.45) is 1.11. The van der Waals surface area contributed by atoms with Crippen molar-refractivity contribution in [2.75, 3.05) is 13.1 Å². The van der Waals surface area contributed by atoms with Crippen LogP contribution >= 0.6 is 0 Å². The number of nitrogens with two attached hydrogens (primary N) is 1. The number of benzene rings is 1. The van der Waals surface area contributed by atoms with Gasteiger partial charge in [0.1, 0.15) is 0 Å². The van der Waals surface area contributed by atoms with Crippen LogP contribution in [-0.4, -0.2) is 13.1 Å². The Kier molecular flexibility index (Phi) is 4.50. The number of rotatable bonds is 5. The van der Waals surface area contributed by atoms with E-state index in [2.05, 4.69) is 36.5 Å². The van der Waals surface area contributed by atoms with Crippen LogP contribution in [0.25, 0.3) is 0 Å². The Bertz CT molecular complexity index is 228. The molecule has 1 rings (SSSR count). The third-order valence-electron chi connectivity index (χ3n) is 2.08. The van der Waals surface area contributed by atoms with Crippen molar-refractivity contribution in [2.45, 2.75) is 19.9 Å². The Balaban J connectivity index is 2.40. The Morgan fingerprint density at radius 3 is 2.31 bits per heavy atom. The zero-order valence-electron chi connectivity index (χ0n) is 8.22. The van der Waals surface area contributed by atoms with Crippen LogP contribution in [0.2, 0.25) is 0 Å². The molecule has 0 atom stereocenters. The van der Waals surface area contributed by atoms with Crippen LogP contribution in [0.3, 0.4) is 0 Å². The lowest BCUT2D eigenvalue weighted by molar-refractivity contribution is 0.695. The molecule has 1 aromatic carbocycles. The van der Waals surface area contributed by atoms with Crippen LogP contribution in [0.15, 0.2) is 24.3 Å². The van der Waals surface area contributed by atoms with Gasteiger partial charge in [-0.05, 0) is 17.5 Å². The zero-order valence-corrected chi connectivity index (χ0v) is 8.22. The van der Waals surface area contributed by atoms with Crippen LogP contribution in [-0.2, 0) is 13.0 Å². The molecule has 2 nitrogen and oxygen atoms in total. The lowest BCUT2D eigenvalue weighted by Gasteiger charge is -2.03. The summed E-state index contributed by atoms with van der Waals surface area (Å²) < 4.78 is 0. The summed E-state index contributed by atoms with van der Waals surface area (Å²) in [4.78, 5) is 0. The maximum atomic E-state index is 5.38. The van der Waals surface area contributed by atoms with Crippen molar-refractivity contribution in [1.29, 1.82) is 0 Å². The fraction of sp³-hybridized carbons (Fsp3) is 0.455. The second-order valence-corrected chi connectivity index (χ2v) is 3.14. The molecule has 0 unspecified atom stereocenters. The van der Waals surface area contributed by atoms with Gasteiger partial charge < -0.3 is 11.1 Å². The number of hydrogen-bond donors (Lipinski definition) is 2. The highest BCUT2D eigenvalue weighted by Gasteiger charge is 1.92. The zero-order chi connectivity index (χ0) is 9.52. The standard InChI is InChI=1S/C11H18N2/c1-2-10-3-5-11(6-4-10)9-13-8-7-12/h3-6,13H,2,7-9,12H2,1H3. The van der Waals surface area contributed by atoms with E-state index < -0.39 is 0 Å². The molecule has 2 heteroatoms. The van der Waals surface area contributed by atoms with Crippen LogP contribution < -0.4 is 11.1 Å². The molecule has 0 spiro atoms. The molecule has 0 saturated heterocycles. The van der Waals surface area contributed by atoms with Crippen LogP contribution in [0, 0.1) is 0 Å². The van der Waals surface area contributed by atoms with Crippen molar-refractivity contribution in [2.24, 2.45) is 5.73 Å². The van der Waals surface area contributed by atoms with Crippen molar-refractivity contribution in [3.05, 3.63) is 35.4 Å². The lowest BCUT2D eigenvalue weighted by atomic mass is 10.1. The maximum absolute atomic E-state index is 5.38. The summed E-state index contributed by atoms with van der Waals surface area (Å²) in [6.45, 7) is 4.67. The Labute approximate surface area is 80.1 Å². The van der Waals surface area contributed by atoms with Gasteiger partial charge in [0.05, 0.1) is 0 Å². The van der Waals surface area contributed by atoms with E-state index in [9.17, 15) is 0 Å². The van der Waals surface area contributed by atoms with Gasteiger partial charge in [-0.15, -0.1) is 0 Å². The second kappa shape index (κ2) is 5.73. The molecule has 13 heavy (non-hydrogen) atoms. The molecule has 0 aliphatic heterocycles. The van der Waals surface area contributed by atoms with Gasteiger partial charge in [-0.2, -0.15) is 0 Å². The van der Waals surface area contributed by atoms with Crippen molar-refractivity contribution in [3.63, 3.8) is 0 Å². The predicted octanol–water partition coefficient (Wildman–Crippen LogP) is 1.30. The van der Waals surface area contributed by atoms with Gasteiger partial charge >= 0.3 is 0 Å². The molecule has 0 aromatic heterocycles. The number of hydrogen-bond acceptors (Lipinski definition) is 2. The van der Waals surface area contributed by atoms with Gasteiger partial charge in [0.15, 0.2) is 0 Å². The molecule has 0 radical (unpaired) electrons. The Morgan fingerprint density at radius 2 is 1.77 bits per heavy atom. The third kappa shape index (κ3) is 3.57. The predicted molar refractivity (Wildman–Crippen MR) is 56.6 cm³/mol. The highest BCUT2D eigenvalue weighted by atomic mass is 14.9. The minimum absolute atomic E-state index is 0.701. The minimum Gasteiger partial charge on any atom is -0.329 e. The van der Waals surface area contributed by atoms with Crippen LogP contribution in [0.1, 0.15) is 18.1 Å². The molecule has 0 amide bonds. The van der Waals surface area contributed by atoms with Gasteiger partial charge in [-0.3, -0.25) is 0 Å². The first kappa shape index (κ1) is 10.2. The van der Waals surface area contributed by atoms with Crippen molar-refractivity contribution < 1.29 is 0 Å². The average Bonchev–Trinajstić information content (AvgIpc) is 2.19. The maximum Gasteiger partial charge on any atom is 0.0206 e. The lowest BCUT2D eigenvalue weighted by Crippen LogP contribution is -2.21. The highest BCUT2D eigenvalue weighted by Crippen LogP contribution is 2.04. The van der Waals surface area contributed by atoms with E-state index >= 15 is 0 Å². The van der Waals surface area contributed by atoms with Crippen molar-refractivity contribution in [3.8, 4) is 0 Å². The smallest absolute Gasteiger partial charge is 0.0206 e. The summed E-state index contributed by atoms with van der Waals surface area (Å²) in [7, 11) is 0. The number of nitrogens with one attached hydrogen (secondary N) is 1. The summed E-state index contributed by atoms with van der Waals surface area (Å²) in [5, 5.41) is 3.26. The van der Waals surface area contributed by atoms with E-state index in [1.807, 2.05) is 0 Å². The van der Waals surface area contributed by atoms with Gasteiger partial charge in [0.2, 0.25) is 0 Å². The molecular weight excluding hydrogens is 160 g/mol. The summed E-state index contributed by atoms with van der Waals surface area (Å²) >= 11 is 0. The highest BCUT2D eigenvalue weighted by molar-refractivity contribution is 5.22. The van der Waals surface area contributed by atoms with E-state index in [-0.39, 0.29) is 0 Å². The van der Waals surface area contributed by atoms with Crippen molar-refractivity contribution in [1.82, 2.24) is 5.32 Å². The Morgan fingerprint density at radius 1 is 1.15 bits per heavy atom. The van der Waals surface area contributed by atoms with Gasteiger partial charge in [-0.25, -0.2) is 0 Å². The normalized spacial score (nSPS) is 10.3. The second-order valence-electron chi connectivity index (χ2n) is 3.14. The molecule has 0 aliphatic rings. The van der Waals surface area contributed by atoms with Crippen molar-refractivity contribution >= 4 is 0 Å². The molecule has 3 N–H and O–H groups in total. The first-order chi connectivity index (χ1) is 6.36. The first-order valence-electron chi connectivity index (χ1n) is 4.85. The van der Waals surface area contributed by atoms with E-state index in [4.69, 9.17) is 5.73 Å². The van der Waals surface area contributed by atoms with Gasteiger partial charge in [0.25, 0.3) is 0 Å². The fourth-order valence-corrected chi connectivity index (χ4v) is 1.23. The summed E-state index contributed by atoms with van der Waals surface area (Å²) in [5.41, 5.74) is 8.09. The Hall–Kier alpha value is -0.860. The summed E-state index contributed by atoms with van der Waals surface area (Å²) in [6, 6.07) is 8.70. The first-order valence-corrected chi connectivity index (χ1v) is 4.85. The van der Waals surface area contributed by atoms with Crippen LogP contribution in [0.5, 0.6) is 0 Å². The number of aryl methyl sites for hydroxylation is 1. The van der Waals surface area contributed by atoms with Crippen LogP contribution in [0.4, 0.5) is 0 Å². The van der Waals surface area contributed by atoms with Gasteiger partial charge in [-0.1, -0.05) is 31.2 Å². The molecule has 0 fully saturated rings. The minimum atomic E-state index is 0.701. The molecule has 1 aromatic rings. The van der Waals surface area contributed by atoms with E-state index in [0.717, 1.165) is 19.5 Å². The molecular formula is C11H18N2. The summed E-state index contributed by atoms with van der Waals surface area (Å²) in [5.74, 6) is 0. The SMILES string of the molecule is CCc1ccc(CNCCN)cc1. The van der Waals surface area contributed by atoms with Gasteiger partial charge in [0, 0.05) is 19.6 Å². The largest absolute Gasteiger partial charge is 0.329 e. The topological polar surface area (TPSA) is 38.0 Å². The van der Waals surface area contributed by atoms with E-state index in [1.54, 1.807) is 0 Å². The molecule has 0 bridgehead atoms.